The third-order valence-electron chi connectivity index (χ3n) is 3.22. The van der Waals surface area contributed by atoms with Crippen LogP contribution in [0.15, 0.2) is 52.6 Å². The van der Waals surface area contributed by atoms with Crippen LogP contribution >= 0.6 is 11.8 Å². The van der Waals surface area contributed by atoms with Gasteiger partial charge in [0.25, 0.3) is 0 Å². The van der Waals surface area contributed by atoms with Crippen molar-refractivity contribution in [2.24, 2.45) is 0 Å². The van der Waals surface area contributed by atoms with Gasteiger partial charge in [0.15, 0.2) is 5.16 Å². The molecule has 1 aromatic carbocycles. The number of benzene rings is 1. The molecule has 0 unspecified atom stereocenters. The molecule has 3 aromatic rings. The van der Waals surface area contributed by atoms with Crippen LogP contribution in [0, 0.1) is 13.8 Å². The maximum Gasteiger partial charge on any atom is 0.230 e. The number of hydrogen-bond donors (Lipinski definition) is 2. The van der Waals surface area contributed by atoms with Gasteiger partial charge in [0.05, 0.1) is 6.42 Å². The number of hydrogen-bond acceptors (Lipinski definition) is 5. The SMILES string of the molecule is Cc1cc(C)nc(Sc2ccc(NC(=O)Cc3ccn[nH]3)cc2)n1. The van der Waals surface area contributed by atoms with Crippen molar-refractivity contribution in [1.82, 2.24) is 20.2 Å². The van der Waals surface area contributed by atoms with E-state index in [-0.39, 0.29) is 12.3 Å². The van der Waals surface area contributed by atoms with E-state index in [0.29, 0.717) is 0 Å². The summed E-state index contributed by atoms with van der Waals surface area (Å²) in [5.41, 5.74) is 3.44. The van der Waals surface area contributed by atoms with Crippen LogP contribution in [0.1, 0.15) is 17.1 Å². The molecule has 3 rings (SSSR count). The Balaban J connectivity index is 1.61. The first-order valence-corrected chi connectivity index (χ1v) is 8.28. The van der Waals surface area contributed by atoms with Crippen LogP contribution in [-0.4, -0.2) is 26.1 Å². The molecule has 0 aliphatic heterocycles. The summed E-state index contributed by atoms with van der Waals surface area (Å²) in [6.07, 6.45) is 1.90. The minimum Gasteiger partial charge on any atom is -0.326 e. The molecule has 0 radical (unpaired) electrons. The van der Waals surface area contributed by atoms with Crippen molar-refractivity contribution in [3.8, 4) is 0 Å². The Morgan fingerprint density at radius 3 is 2.46 bits per heavy atom. The van der Waals surface area contributed by atoms with E-state index in [9.17, 15) is 4.79 Å². The zero-order valence-electron chi connectivity index (χ0n) is 13.4. The minimum absolute atomic E-state index is 0.0858. The summed E-state index contributed by atoms with van der Waals surface area (Å²) in [7, 11) is 0. The zero-order chi connectivity index (χ0) is 16.9. The third-order valence-corrected chi connectivity index (χ3v) is 4.09. The van der Waals surface area contributed by atoms with E-state index in [1.165, 1.54) is 11.8 Å². The van der Waals surface area contributed by atoms with Crippen LogP contribution in [0.2, 0.25) is 0 Å². The molecule has 24 heavy (non-hydrogen) atoms. The second-order valence-electron chi connectivity index (χ2n) is 5.37. The molecule has 7 heteroatoms. The molecule has 0 aliphatic rings. The monoisotopic (exact) mass is 339 g/mol. The van der Waals surface area contributed by atoms with Gasteiger partial charge in [0.2, 0.25) is 5.91 Å². The second-order valence-corrected chi connectivity index (χ2v) is 6.41. The molecule has 0 bridgehead atoms. The Hall–Kier alpha value is -2.67. The van der Waals surface area contributed by atoms with Crippen molar-refractivity contribution in [3.63, 3.8) is 0 Å². The largest absolute Gasteiger partial charge is 0.326 e. The van der Waals surface area contributed by atoms with E-state index in [0.717, 1.165) is 32.8 Å². The van der Waals surface area contributed by atoms with Gasteiger partial charge in [-0.15, -0.1) is 0 Å². The zero-order valence-corrected chi connectivity index (χ0v) is 14.2. The summed E-state index contributed by atoms with van der Waals surface area (Å²) in [5, 5.41) is 10.2. The summed E-state index contributed by atoms with van der Waals surface area (Å²) in [6, 6.07) is 11.4. The molecule has 0 fully saturated rings. The van der Waals surface area contributed by atoms with Gasteiger partial charge in [-0.3, -0.25) is 9.89 Å². The van der Waals surface area contributed by atoms with Gasteiger partial charge in [-0.1, -0.05) is 0 Å². The number of rotatable bonds is 5. The van der Waals surface area contributed by atoms with Crippen LogP contribution < -0.4 is 5.32 Å². The fourth-order valence-corrected chi connectivity index (χ4v) is 3.07. The van der Waals surface area contributed by atoms with Gasteiger partial charge in [-0.2, -0.15) is 5.10 Å². The third kappa shape index (κ3) is 4.42. The molecule has 2 N–H and O–H groups in total. The molecule has 0 saturated carbocycles. The van der Waals surface area contributed by atoms with E-state index in [2.05, 4.69) is 25.5 Å². The summed E-state index contributed by atoms with van der Waals surface area (Å²) in [5.74, 6) is -0.0858. The lowest BCUT2D eigenvalue weighted by Crippen LogP contribution is -2.14. The quantitative estimate of drug-likeness (QED) is 0.698. The number of carbonyl (C=O) groups excluding carboxylic acids is 1. The summed E-state index contributed by atoms with van der Waals surface area (Å²) >= 11 is 1.50. The van der Waals surface area contributed by atoms with E-state index < -0.39 is 0 Å². The van der Waals surface area contributed by atoms with Crippen molar-refractivity contribution in [2.45, 2.75) is 30.3 Å². The highest BCUT2D eigenvalue weighted by Gasteiger charge is 2.06. The first-order chi connectivity index (χ1) is 11.6. The fraction of sp³-hybridized carbons (Fsp3) is 0.176. The molecule has 122 valence electrons. The van der Waals surface area contributed by atoms with E-state index in [4.69, 9.17) is 0 Å². The van der Waals surface area contributed by atoms with Crippen molar-refractivity contribution < 1.29 is 4.79 Å². The highest BCUT2D eigenvalue weighted by atomic mass is 32.2. The molecule has 2 aromatic heterocycles. The number of nitrogens with zero attached hydrogens (tertiary/aromatic N) is 3. The molecule has 0 spiro atoms. The molecule has 2 heterocycles. The first kappa shape index (κ1) is 16.2. The molecule has 0 aliphatic carbocycles. The maximum absolute atomic E-state index is 11.9. The highest BCUT2D eigenvalue weighted by molar-refractivity contribution is 7.99. The number of aromatic amines is 1. The topological polar surface area (TPSA) is 83.6 Å². The maximum atomic E-state index is 11.9. The average molecular weight is 339 g/mol. The number of carbonyl (C=O) groups is 1. The van der Waals surface area contributed by atoms with Gasteiger partial charge >= 0.3 is 0 Å². The average Bonchev–Trinajstić information content (AvgIpc) is 3.01. The van der Waals surface area contributed by atoms with Crippen LogP contribution in [0.3, 0.4) is 0 Å². The Morgan fingerprint density at radius 1 is 1.12 bits per heavy atom. The number of amides is 1. The highest BCUT2D eigenvalue weighted by Crippen LogP contribution is 2.26. The second kappa shape index (κ2) is 7.27. The standard InChI is InChI=1S/C17H17N5OS/c1-11-9-12(2)20-17(19-11)24-15-5-3-13(4-6-15)21-16(23)10-14-7-8-18-22-14/h3-9H,10H2,1-2H3,(H,18,22)(H,21,23). The molecule has 0 saturated heterocycles. The van der Waals surface area contributed by atoms with Crippen LogP contribution in [0.25, 0.3) is 0 Å². The summed E-state index contributed by atoms with van der Waals surface area (Å²) < 4.78 is 0. The van der Waals surface area contributed by atoms with Crippen molar-refractivity contribution in [3.05, 3.63) is 59.7 Å². The molecular weight excluding hydrogens is 322 g/mol. The van der Waals surface area contributed by atoms with Gasteiger partial charge in [-0.05, 0) is 62.0 Å². The van der Waals surface area contributed by atoms with Crippen LogP contribution in [0.5, 0.6) is 0 Å². The lowest BCUT2D eigenvalue weighted by atomic mass is 10.2. The van der Waals surface area contributed by atoms with Gasteiger partial charge < -0.3 is 5.32 Å². The minimum atomic E-state index is -0.0858. The summed E-state index contributed by atoms with van der Waals surface area (Å²) in [6.45, 7) is 3.91. The number of aryl methyl sites for hydroxylation is 2. The Morgan fingerprint density at radius 2 is 1.83 bits per heavy atom. The number of nitrogens with one attached hydrogen (secondary N) is 2. The number of anilines is 1. The number of H-pyrrole nitrogens is 1. The van der Waals surface area contributed by atoms with E-state index in [1.807, 2.05) is 44.2 Å². The van der Waals surface area contributed by atoms with Crippen LogP contribution in [0.4, 0.5) is 5.69 Å². The fourth-order valence-electron chi connectivity index (χ4n) is 2.21. The number of aromatic nitrogens is 4. The van der Waals surface area contributed by atoms with Gasteiger partial charge in [0.1, 0.15) is 0 Å². The smallest absolute Gasteiger partial charge is 0.230 e. The van der Waals surface area contributed by atoms with Gasteiger partial charge in [-0.25, -0.2) is 9.97 Å². The van der Waals surface area contributed by atoms with Gasteiger partial charge in [0, 0.05) is 33.9 Å². The Kier molecular flexibility index (Phi) is 4.90. The van der Waals surface area contributed by atoms with Crippen molar-refractivity contribution in [2.75, 3.05) is 5.32 Å². The van der Waals surface area contributed by atoms with E-state index in [1.54, 1.807) is 12.3 Å². The molecule has 6 nitrogen and oxygen atoms in total. The lowest BCUT2D eigenvalue weighted by Gasteiger charge is -2.06. The Labute approximate surface area is 144 Å². The van der Waals surface area contributed by atoms with Crippen molar-refractivity contribution >= 4 is 23.4 Å². The van der Waals surface area contributed by atoms with E-state index >= 15 is 0 Å². The predicted molar refractivity (Wildman–Crippen MR) is 93.0 cm³/mol. The molecular formula is C17H17N5OS. The predicted octanol–water partition coefficient (Wildman–Crippen LogP) is 3.15. The normalized spacial score (nSPS) is 10.6. The Bertz CT molecular complexity index is 810. The van der Waals surface area contributed by atoms with Crippen LogP contribution in [-0.2, 0) is 11.2 Å². The summed E-state index contributed by atoms with van der Waals surface area (Å²) in [4.78, 5) is 21.8. The molecule has 1 amide bonds. The lowest BCUT2D eigenvalue weighted by molar-refractivity contribution is -0.115. The molecule has 0 atom stereocenters. The first-order valence-electron chi connectivity index (χ1n) is 7.47. The van der Waals surface area contributed by atoms with Crippen molar-refractivity contribution in [1.29, 1.82) is 0 Å².